The molecule has 1 amide bonds. The van der Waals surface area contributed by atoms with Crippen LogP contribution in [0.25, 0.3) is 0 Å². The van der Waals surface area contributed by atoms with Crippen molar-refractivity contribution in [1.29, 1.82) is 0 Å². The van der Waals surface area contributed by atoms with Crippen LogP contribution in [0.15, 0.2) is 35.0 Å². The molecule has 0 saturated carbocycles. The lowest BCUT2D eigenvalue weighted by molar-refractivity contribution is 0.0937. The van der Waals surface area contributed by atoms with Crippen LogP contribution in [0.2, 0.25) is 0 Å². The van der Waals surface area contributed by atoms with Gasteiger partial charge in [0.2, 0.25) is 0 Å². The molecule has 4 nitrogen and oxygen atoms in total. The van der Waals surface area contributed by atoms with Gasteiger partial charge in [-0.1, -0.05) is 6.07 Å². The monoisotopic (exact) mass is 276 g/mol. The summed E-state index contributed by atoms with van der Waals surface area (Å²) in [6, 6.07) is 6.78. The lowest BCUT2D eigenvalue weighted by atomic mass is 10.1. The van der Waals surface area contributed by atoms with E-state index in [-0.39, 0.29) is 28.9 Å². The summed E-state index contributed by atoms with van der Waals surface area (Å²) >= 11 is 1.63. The van der Waals surface area contributed by atoms with E-state index >= 15 is 0 Å². The lowest BCUT2D eigenvalue weighted by Gasteiger charge is -2.14. The molecule has 0 aliphatic carbocycles. The fourth-order valence-electron chi connectivity index (χ4n) is 1.86. The first-order valence-electron chi connectivity index (χ1n) is 5.97. The summed E-state index contributed by atoms with van der Waals surface area (Å²) in [5.41, 5.74) is 7.17. The third-order valence-corrected chi connectivity index (χ3v) is 3.54. The highest BCUT2D eigenvalue weighted by atomic mass is 32.1. The Kier molecular flexibility index (Phi) is 4.06. The Labute approximate surface area is 115 Å². The number of hydrogen-bond donors (Lipinski definition) is 3. The Balaban J connectivity index is 2.02. The minimum absolute atomic E-state index is 0.0112. The smallest absolute Gasteiger partial charge is 0.255 e. The number of benzene rings is 1. The van der Waals surface area contributed by atoms with E-state index in [4.69, 9.17) is 5.73 Å². The van der Waals surface area contributed by atoms with E-state index in [9.17, 15) is 9.90 Å². The van der Waals surface area contributed by atoms with E-state index in [1.54, 1.807) is 29.5 Å². The lowest BCUT2D eigenvalue weighted by Crippen LogP contribution is -2.34. The van der Waals surface area contributed by atoms with Gasteiger partial charge in [0, 0.05) is 6.04 Å². The van der Waals surface area contributed by atoms with Gasteiger partial charge < -0.3 is 16.2 Å². The van der Waals surface area contributed by atoms with Crippen LogP contribution in [0.4, 0.5) is 5.69 Å². The normalized spacial score (nSPS) is 12.1. The van der Waals surface area contributed by atoms with Crippen molar-refractivity contribution in [3.8, 4) is 5.75 Å². The molecule has 2 aromatic rings. The number of aromatic hydroxyl groups is 1. The molecule has 1 heterocycles. The molecular weight excluding hydrogens is 260 g/mol. The average molecular weight is 276 g/mol. The van der Waals surface area contributed by atoms with Crippen LogP contribution in [0.3, 0.4) is 0 Å². The van der Waals surface area contributed by atoms with Gasteiger partial charge in [0.05, 0.1) is 11.3 Å². The number of nitrogens with two attached hydrogens (primary N) is 1. The van der Waals surface area contributed by atoms with E-state index in [2.05, 4.69) is 10.7 Å². The van der Waals surface area contributed by atoms with Crippen LogP contribution in [0.1, 0.15) is 22.8 Å². The number of nitrogens with one attached hydrogen (secondary N) is 1. The summed E-state index contributed by atoms with van der Waals surface area (Å²) in [5.74, 6) is -0.477. The minimum atomic E-state index is -0.312. The van der Waals surface area contributed by atoms with Crippen molar-refractivity contribution in [2.24, 2.45) is 0 Å². The van der Waals surface area contributed by atoms with E-state index in [0.717, 1.165) is 6.42 Å². The molecule has 19 heavy (non-hydrogen) atoms. The Morgan fingerprint density at radius 1 is 1.47 bits per heavy atom. The fourth-order valence-corrected chi connectivity index (χ4v) is 2.54. The molecule has 1 aromatic carbocycles. The number of rotatable bonds is 4. The maximum atomic E-state index is 12.0. The predicted octanol–water partition coefficient (Wildman–Crippen LogP) is 2.40. The maximum Gasteiger partial charge on any atom is 0.255 e. The number of amides is 1. The van der Waals surface area contributed by atoms with Crippen LogP contribution in [-0.4, -0.2) is 17.1 Å². The molecule has 1 aromatic heterocycles. The molecule has 0 aliphatic rings. The first-order valence-corrected chi connectivity index (χ1v) is 6.91. The molecule has 0 spiro atoms. The first-order chi connectivity index (χ1) is 9.08. The SMILES string of the molecule is CC(Cc1ccsc1)NC(=O)c1cccc(N)c1O. The predicted molar refractivity (Wildman–Crippen MR) is 77.5 cm³/mol. The molecular formula is C14H16N2O2S. The molecule has 1 atom stereocenters. The van der Waals surface area contributed by atoms with Crippen LogP contribution >= 0.6 is 11.3 Å². The summed E-state index contributed by atoms with van der Waals surface area (Å²) in [5, 5.41) is 16.7. The number of nitrogen functional groups attached to an aromatic ring is 1. The summed E-state index contributed by atoms with van der Waals surface area (Å²) in [6.45, 7) is 1.93. The number of para-hydroxylation sites is 1. The summed E-state index contributed by atoms with van der Waals surface area (Å²) < 4.78 is 0. The zero-order valence-electron chi connectivity index (χ0n) is 10.6. The van der Waals surface area contributed by atoms with Crippen molar-refractivity contribution >= 4 is 22.9 Å². The number of thiophene rings is 1. The maximum absolute atomic E-state index is 12.0. The van der Waals surface area contributed by atoms with Gasteiger partial charge in [-0.15, -0.1) is 0 Å². The first kappa shape index (κ1) is 13.4. The third-order valence-electron chi connectivity index (χ3n) is 2.81. The van der Waals surface area contributed by atoms with Crippen molar-refractivity contribution in [3.05, 3.63) is 46.2 Å². The summed E-state index contributed by atoms with van der Waals surface area (Å²) in [7, 11) is 0. The van der Waals surface area contributed by atoms with Gasteiger partial charge >= 0.3 is 0 Å². The van der Waals surface area contributed by atoms with Crippen molar-refractivity contribution in [2.75, 3.05) is 5.73 Å². The number of phenolic OH excluding ortho intramolecular Hbond substituents is 1. The number of anilines is 1. The standard InChI is InChI=1S/C14H16N2O2S/c1-9(7-10-5-6-19-8-10)16-14(18)11-3-2-4-12(15)13(11)17/h2-6,8-9,17H,7,15H2,1H3,(H,16,18). The van der Waals surface area contributed by atoms with Crippen LogP contribution in [0.5, 0.6) is 5.75 Å². The van der Waals surface area contributed by atoms with E-state index in [1.165, 1.54) is 5.56 Å². The van der Waals surface area contributed by atoms with Crippen LogP contribution in [-0.2, 0) is 6.42 Å². The molecule has 0 fully saturated rings. The molecule has 100 valence electrons. The van der Waals surface area contributed by atoms with Gasteiger partial charge in [-0.2, -0.15) is 11.3 Å². The van der Waals surface area contributed by atoms with Gasteiger partial charge in [-0.3, -0.25) is 4.79 Å². The van der Waals surface area contributed by atoms with Crippen LogP contribution in [0, 0.1) is 0 Å². The van der Waals surface area contributed by atoms with Gasteiger partial charge in [0.1, 0.15) is 0 Å². The van der Waals surface area contributed by atoms with Gasteiger partial charge in [-0.25, -0.2) is 0 Å². The van der Waals surface area contributed by atoms with Gasteiger partial charge in [-0.05, 0) is 47.9 Å². The molecule has 4 N–H and O–H groups in total. The van der Waals surface area contributed by atoms with E-state index in [1.807, 2.05) is 18.4 Å². The highest BCUT2D eigenvalue weighted by Crippen LogP contribution is 2.24. The third kappa shape index (κ3) is 3.26. The Morgan fingerprint density at radius 3 is 2.95 bits per heavy atom. The topological polar surface area (TPSA) is 75.4 Å². The Bertz CT molecular complexity index is 567. The number of carbonyl (C=O) groups is 1. The van der Waals surface area contributed by atoms with Crippen molar-refractivity contribution in [3.63, 3.8) is 0 Å². The molecule has 5 heteroatoms. The largest absolute Gasteiger partial charge is 0.505 e. The Morgan fingerprint density at radius 2 is 2.26 bits per heavy atom. The fraction of sp³-hybridized carbons (Fsp3) is 0.214. The van der Waals surface area contributed by atoms with E-state index < -0.39 is 0 Å². The molecule has 0 saturated heterocycles. The summed E-state index contributed by atoms with van der Waals surface area (Å²) in [6.07, 6.45) is 0.762. The van der Waals surface area contributed by atoms with E-state index in [0.29, 0.717) is 0 Å². The molecule has 0 aliphatic heterocycles. The molecule has 0 bridgehead atoms. The number of carbonyl (C=O) groups excluding carboxylic acids is 1. The average Bonchev–Trinajstić information content (AvgIpc) is 2.85. The second-order valence-electron chi connectivity index (χ2n) is 4.45. The van der Waals surface area contributed by atoms with Crippen molar-refractivity contribution in [2.45, 2.75) is 19.4 Å². The quantitative estimate of drug-likeness (QED) is 0.593. The zero-order chi connectivity index (χ0) is 13.8. The number of hydrogen-bond acceptors (Lipinski definition) is 4. The van der Waals surface area contributed by atoms with Crippen LogP contribution < -0.4 is 11.1 Å². The molecule has 1 unspecified atom stereocenters. The van der Waals surface area contributed by atoms with Crippen molar-refractivity contribution < 1.29 is 9.90 Å². The van der Waals surface area contributed by atoms with Gasteiger partial charge in [0.25, 0.3) is 5.91 Å². The minimum Gasteiger partial charge on any atom is -0.505 e. The molecule has 2 rings (SSSR count). The summed E-state index contributed by atoms with van der Waals surface area (Å²) in [4.78, 5) is 12.0. The highest BCUT2D eigenvalue weighted by molar-refractivity contribution is 7.07. The Hall–Kier alpha value is -2.01. The highest BCUT2D eigenvalue weighted by Gasteiger charge is 2.15. The second-order valence-corrected chi connectivity index (χ2v) is 5.23. The molecule has 0 radical (unpaired) electrons. The zero-order valence-corrected chi connectivity index (χ0v) is 11.4. The van der Waals surface area contributed by atoms with Crippen molar-refractivity contribution in [1.82, 2.24) is 5.32 Å². The second kappa shape index (κ2) is 5.75. The number of phenols is 1. The van der Waals surface area contributed by atoms with Gasteiger partial charge in [0.15, 0.2) is 5.75 Å².